The number of nitrogen functional groups attached to an aromatic ring is 1. The average molecular weight is 296 g/mol. The van der Waals surface area contributed by atoms with Gasteiger partial charge in [-0.25, -0.2) is 4.79 Å². The molecule has 0 unspecified atom stereocenters. The number of hydrogen-bond donors (Lipinski definition) is 2. The quantitative estimate of drug-likeness (QED) is 0.891. The van der Waals surface area contributed by atoms with Crippen molar-refractivity contribution in [2.75, 3.05) is 5.73 Å². The lowest BCUT2D eigenvalue weighted by molar-refractivity contribution is 0.0703. The Morgan fingerprint density at radius 1 is 1.47 bits per heavy atom. The molecule has 2 rings (SSSR count). The van der Waals surface area contributed by atoms with E-state index in [4.69, 9.17) is 17.3 Å². The van der Waals surface area contributed by atoms with Gasteiger partial charge in [0.15, 0.2) is 0 Å². The zero-order valence-electron chi connectivity index (χ0n) is 10.7. The Bertz CT molecular complexity index is 649. The Morgan fingerprint density at radius 3 is 2.74 bits per heavy atom. The number of halogens is 1. The number of carboxylic acid groups (broad SMARTS) is 1. The Balaban J connectivity index is 2.71. The van der Waals surface area contributed by atoms with Gasteiger partial charge in [0, 0.05) is 9.90 Å². The van der Waals surface area contributed by atoms with Crippen molar-refractivity contribution in [1.29, 1.82) is 0 Å². The topological polar surface area (TPSA) is 63.3 Å². The first-order valence-corrected chi connectivity index (χ1v) is 7.06. The van der Waals surface area contributed by atoms with Crippen LogP contribution in [0, 0.1) is 6.92 Å². The molecule has 0 bridgehead atoms. The summed E-state index contributed by atoms with van der Waals surface area (Å²) >= 11 is 7.24. The molecule has 3 nitrogen and oxygen atoms in total. The Kier molecular flexibility index (Phi) is 3.83. The third-order valence-electron chi connectivity index (χ3n) is 3.04. The van der Waals surface area contributed by atoms with E-state index < -0.39 is 5.97 Å². The minimum absolute atomic E-state index is 0.200. The summed E-state index contributed by atoms with van der Waals surface area (Å²) in [6.07, 6.45) is 0.691. The fourth-order valence-corrected chi connectivity index (χ4v) is 3.45. The fraction of sp³-hybridized carbons (Fsp3) is 0.214. The van der Waals surface area contributed by atoms with E-state index in [0.29, 0.717) is 17.1 Å². The Morgan fingerprint density at radius 2 is 2.16 bits per heavy atom. The summed E-state index contributed by atoms with van der Waals surface area (Å²) in [7, 11) is 0. The highest BCUT2D eigenvalue weighted by Gasteiger charge is 2.21. The second-order valence-electron chi connectivity index (χ2n) is 4.27. The number of anilines is 1. The normalized spacial score (nSPS) is 10.7. The summed E-state index contributed by atoms with van der Waals surface area (Å²) in [5.41, 5.74) is 9.20. The van der Waals surface area contributed by atoms with E-state index in [1.807, 2.05) is 32.0 Å². The number of hydrogen-bond acceptors (Lipinski definition) is 3. The second kappa shape index (κ2) is 5.23. The van der Waals surface area contributed by atoms with Gasteiger partial charge in [0.05, 0.1) is 5.69 Å². The molecule has 19 heavy (non-hydrogen) atoms. The van der Waals surface area contributed by atoms with Crippen LogP contribution in [0.15, 0.2) is 18.2 Å². The van der Waals surface area contributed by atoms with Gasteiger partial charge in [0.25, 0.3) is 0 Å². The molecule has 1 aromatic heterocycles. The average Bonchev–Trinajstić information content (AvgIpc) is 2.69. The van der Waals surface area contributed by atoms with Crippen LogP contribution in [0.5, 0.6) is 0 Å². The molecule has 0 saturated heterocycles. The third-order valence-corrected chi connectivity index (χ3v) is 4.54. The highest BCUT2D eigenvalue weighted by molar-refractivity contribution is 7.18. The molecule has 1 heterocycles. The Hall–Kier alpha value is -1.52. The van der Waals surface area contributed by atoms with Crippen molar-refractivity contribution in [1.82, 2.24) is 0 Å². The maximum atomic E-state index is 11.2. The molecule has 0 aliphatic rings. The molecular weight excluding hydrogens is 282 g/mol. The second-order valence-corrected chi connectivity index (χ2v) is 5.73. The monoisotopic (exact) mass is 295 g/mol. The van der Waals surface area contributed by atoms with E-state index in [1.165, 1.54) is 11.3 Å². The first-order valence-electron chi connectivity index (χ1n) is 5.86. The summed E-state index contributed by atoms with van der Waals surface area (Å²) in [5.74, 6) is -0.983. The van der Waals surface area contributed by atoms with E-state index in [0.717, 1.165) is 21.6 Å². The summed E-state index contributed by atoms with van der Waals surface area (Å²) in [4.78, 5) is 12.3. The van der Waals surface area contributed by atoms with E-state index in [1.54, 1.807) is 0 Å². The van der Waals surface area contributed by atoms with E-state index in [9.17, 15) is 9.90 Å². The van der Waals surface area contributed by atoms with Gasteiger partial charge >= 0.3 is 5.97 Å². The molecule has 5 heteroatoms. The lowest BCUT2D eigenvalue weighted by Gasteiger charge is -2.07. The molecule has 0 saturated carbocycles. The minimum atomic E-state index is -0.983. The molecule has 100 valence electrons. The number of rotatable bonds is 3. The van der Waals surface area contributed by atoms with Gasteiger partial charge in [-0.1, -0.05) is 24.6 Å². The van der Waals surface area contributed by atoms with Crippen LogP contribution in [0.25, 0.3) is 10.4 Å². The van der Waals surface area contributed by atoms with Gasteiger partial charge in [0.2, 0.25) is 0 Å². The molecule has 0 fully saturated rings. The number of aromatic carboxylic acids is 1. The number of aryl methyl sites for hydroxylation is 1. The molecule has 0 spiro atoms. The molecule has 3 N–H and O–H groups in total. The van der Waals surface area contributed by atoms with Crippen LogP contribution in [0.1, 0.15) is 27.7 Å². The lowest BCUT2D eigenvalue weighted by Crippen LogP contribution is -1.99. The first kappa shape index (κ1) is 13.9. The van der Waals surface area contributed by atoms with Crippen molar-refractivity contribution in [2.24, 2.45) is 0 Å². The molecule has 1 aromatic carbocycles. The largest absolute Gasteiger partial charge is 0.477 e. The van der Waals surface area contributed by atoms with Crippen LogP contribution in [-0.2, 0) is 6.42 Å². The van der Waals surface area contributed by atoms with Gasteiger partial charge in [0.1, 0.15) is 4.88 Å². The summed E-state index contributed by atoms with van der Waals surface area (Å²) in [6.45, 7) is 3.94. The standard InChI is InChI=1S/C14H14ClNO2S/c1-3-9-11(16)13(14(17)18)19-12(9)10-6-8(15)5-4-7(10)2/h4-6H,3,16H2,1-2H3,(H,17,18). The van der Waals surface area contributed by atoms with Crippen molar-refractivity contribution in [2.45, 2.75) is 20.3 Å². The van der Waals surface area contributed by atoms with Crippen LogP contribution in [-0.4, -0.2) is 11.1 Å². The van der Waals surface area contributed by atoms with Crippen LogP contribution in [0.2, 0.25) is 5.02 Å². The van der Waals surface area contributed by atoms with Gasteiger partial charge in [-0.15, -0.1) is 11.3 Å². The summed E-state index contributed by atoms with van der Waals surface area (Å²) in [6, 6.07) is 5.60. The number of nitrogens with two attached hydrogens (primary N) is 1. The molecule has 0 amide bonds. The van der Waals surface area contributed by atoms with Crippen LogP contribution < -0.4 is 5.73 Å². The van der Waals surface area contributed by atoms with Crippen molar-refractivity contribution >= 4 is 34.6 Å². The SMILES string of the molecule is CCc1c(-c2cc(Cl)ccc2C)sc(C(=O)O)c1N. The zero-order valence-corrected chi connectivity index (χ0v) is 12.2. The van der Waals surface area contributed by atoms with Gasteiger partial charge in [-0.05, 0) is 42.2 Å². The molecular formula is C14H14ClNO2S. The number of thiophene rings is 1. The van der Waals surface area contributed by atoms with Crippen molar-refractivity contribution in [3.8, 4) is 10.4 Å². The fourth-order valence-electron chi connectivity index (χ4n) is 2.04. The van der Waals surface area contributed by atoms with Crippen LogP contribution in [0.4, 0.5) is 5.69 Å². The third kappa shape index (κ3) is 2.46. The maximum Gasteiger partial charge on any atom is 0.348 e. The number of benzene rings is 1. The molecule has 0 aliphatic heterocycles. The van der Waals surface area contributed by atoms with Gasteiger partial charge in [-0.2, -0.15) is 0 Å². The highest BCUT2D eigenvalue weighted by Crippen LogP contribution is 2.41. The van der Waals surface area contributed by atoms with E-state index >= 15 is 0 Å². The number of carbonyl (C=O) groups is 1. The van der Waals surface area contributed by atoms with E-state index in [2.05, 4.69) is 0 Å². The molecule has 2 aromatic rings. The number of carboxylic acids is 1. The van der Waals surface area contributed by atoms with E-state index in [-0.39, 0.29) is 4.88 Å². The molecule has 0 aliphatic carbocycles. The van der Waals surface area contributed by atoms with Crippen molar-refractivity contribution < 1.29 is 9.90 Å². The molecule has 0 radical (unpaired) electrons. The van der Waals surface area contributed by atoms with Crippen LogP contribution in [0.3, 0.4) is 0 Å². The van der Waals surface area contributed by atoms with Crippen molar-refractivity contribution in [3.05, 3.63) is 39.2 Å². The van der Waals surface area contributed by atoms with Crippen molar-refractivity contribution in [3.63, 3.8) is 0 Å². The van der Waals surface area contributed by atoms with Gasteiger partial charge in [-0.3, -0.25) is 0 Å². The zero-order chi connectivity index (χ0) is 14.2. The predicted octanol–water partition coefficient (Wildman–Crippen LogP) is 4.22. The first-order chi connectivity index (χ1) is 8.95. The smallest absolute Gasteiger partial charge is 0.348 e. The Labute approximate surface area is 120 Å². The lowest BCUT2D eigenvalue weighted by atomic mass is 10.0. The van der Waals surface area contributed by atoms with Crippen LogP contribution >= 0.6 is 22.9 Å². The highest BCUT2D eigenvalue weighted by atomic mass is 35.5. The summed E-state index contributed by atoms with van der Waals surface area (Å²) in [5, 5.41) is 9.81. The minimum Gasteiger partial charge on any atom is -0.477 e. The maximum absolute atomic E-state index is 11.2. The predicted molar refractivity (Wildman–Crippen MR) is 80.3 cm³/mol. The van der Waals surface area contributed by atoms with Gasteiger partial charge < -0.3 is 10.8 Å². The molecule has 0 atom stereocenters. The summed E-state index contributed by atoms with van der Waals surface area (Å²) < 4.78 is 0.